The van der Waals surface area contributed by atoms with Crippen molar-refractivity contribution in [2.75, 3.05) is 41.7 Å². The predicted octanol–water partition coefficient (Wildman–Crippen LogP) is 3.28. The highest BCUT2D eigenvalue weighted by Crippen LogP contribution is 2.19. The molecule has 8 heteroatoms. The van der Waals surface area contributed by atoms with E-state index in [1.54, 1.807) is 12.5 Å². The smallest absolute Gasteiger partial charge is 0.321 e. The van der Waals surface area contributed by atoms with Crippen LogP contribution in [0.5, 0.6) is 0 Å². The zero-order chi connectivity index (χ0) is 20.1. The molecule has 0 saturated carbocycles. The molecule has 1 aliphatic rings. The molecule has 2 amide bonds. The second-order valence-electron chi connectivity index (χ2n) is 6.88. The molecular weight excluding hydrogens is 366 g/mol. The van der Waals surface area contributed by atoms with Crippen LogP contribution in [0.4, 0.5) is 27.9 Å². The van der Waals surface area contributed by atoms with Gasteiger partial charge in [-0.15, -0.1) is 0 Å². The van der Waals surface area contributed by atoms with E-state index in [1.165, 1.54) is 0 Å². The van der Waals surface area contributed by atoms with Crippen LogP contribution in [0.25, 0.3) is 0 Å². The van der Waals surface area contributed by atoms with Crippen molar-refractivity contribution in [2.45, 2.75) is 6.92 Å². The van der Waals surface area contributed by atoms with E-state index in [0.29, 0.717) is 32.0 Å². The number of nitrogens with zero attached hydrogens (tertiary/aromatic N) is 5. The molecular formula is C21H23N7O. The molecule has 1 aliphatic heterocycles. The Morgan fingerprint density at radius 3 is 2.45 bits per heavy atom. The number of hydrogen-bond donors (Lipinski definition) is 2. The Labute approximate surface area is 169 Å². The fraction of sp³-hybridized carbons (Fsp3) is 0.238. The molecule has 1 fully saturated rings. The van der Waals surface area contributed by atoms with Crippen molar-refractivity contribution in [3.63, 3.8) is 0 Å². The lowest BCUT2D eigenvalue weighted by Gasteiger charge is -2.35. The summed E-state index contributed by atoms with van der Waals surface area (Å²) in [5, 5.41) is 6.15. The number of amides is 2. The number of aromatic nitrogens is 3. The highest BCUT2D eigenvalue weighted by molar-refractivity contribution is 5.89. The predicted molar refractivity (Wildman–Crippen MR) is 114 cm³/mol. The Balaban J connectivity index is 1.35. The van der Waals surface area contributed by atoms with E-state index in [4.69, 9.17) is 0 Å². The number of para-hydroxylation sites is 1. The first-order valence-corrected chi connectivity index (χ1v) is 9.55. The first-order valence-electron chi connectivity index (χ1n) is 9.55. The van der Waals surface area contributed by atoms with Crippen LogP contribution in [0.2, 0.25) is 0 Å². The first kappa shape index (κ1) is 18.7. The van der Waals surface area contributed by atoms with Gasteiger partial charge in [0.05, 0.1) is 0 Å². The summed E-state index contributed by atoms with van der Waals surface area (Å²) < 4.78 is 0. The highest BCUT2D eigenvalue weighted by atomic mass is 16.2. The third-order valence-electron chi connectivity index (χ3n) is 4.74. The summed E-state index contributed by atoms with van der Waals surface area (Å²) >= 11 is 0. The Bertz CT molecular complexity index is 972. The van der Waals surface area contributed by atoms with E-state index in [0.717, 1.165) is 22.9 Å². The van der Waals surface area contributed by atoms with Gasteiger partial charge >= 0.3 is 6.03 Å². The number of hydrogen-bond acceptors (Lipinski definition) is 6. The summed E-state index contributed by atoms with van der Waals surface area (Å²) in [5.41, 5.74) is 1.93. The van der Waals surface area contributed by atoms with Gasteiger partial charge in [0.15, 0.2) is 0 Å². The number of urea groups is 1. The van der Waals surface area contributed by atoms with Crippen molar-refractivity contribution in [2.24, 2.45) is 0 Å². The molecule has 2 N–H and O–H groups in total. The Hall–Kier alpha value is -3.68. The lowest BCUT2D eigenvalue weighted by atomic mass is 10.3. The van der Waals surface area contributed by atoms with Crippen LogP contribution in [-0.2, 0) is 0 Å². The molecule has 0 unspecified atom stereocenters. The Kier molecular flexibility index (Phi) is 5.51. The van der Waals surface area contributed by atoms with Gasteiger partial charge in [0, 0.05) is 44.1 Å². The minimum absolute atomic E-state index is 0.0774. The number of pyridine rings is 1. The minimum atomic E-state index is -0.0774. The molecule has 1 aromatic carbocycles. The van der Waals surface area contributed by atoms with Crippen molar-refractivity contribution in [3.05, 3.63) is 66.6 Å². The van der Waals surface area contributed by atoms with Crippen LogP contribution >= 0.6 is 0 Å². The minimum Gasteiger partial charge on any atom is -0.353 e. The fourth-order valence-electron chi connectivity index (χ4n) is 3.19. The van der Waals surface area contributed by atoms with Gasteiger partial charge in [0.1, 0.15) is 23.8 Å². The molecule has 0 spiro atoms. The summed E-state index contributed by atoms with van der Waals surface area (Å²) in [5.74, 6) is 2.27. The quantitative estimate of drug-likeness (QED) is 0.712. The van der Waals surface area contributed by atoms with Crippen LogP contribution in [0.1, 0.15) is 5.56 Å². The second-order valence-corrected chi connectivity index (χ2v) is 6.88. The molecule has 29 heavy (non-hydrogen) atoms. The van der Waals surface area contributed by atoms with Crippen LogP contribution in [0.15, 0.2) is 61.1 Å². The maximum Gasteiger partial charge on any atom is 0.321 e. The number of aryl methyl sites for hydroxylation is 1. The summed E-state index contributed by atoms with van der Waals surface area (Å²) in [6, 6.07) is 15.2. The Morgan fingerprint density at radius 1 is 0.931 bits per heavy atom. The highest BCUT2D eigenvalue weighted by Gasteiger charge is 2.22. The maximum atomic E-state index is 12.4. The molecule has 0 bridgehead atoms. The summed E-state index contributed by atoms with van der Waals surface area (Å²) in [7, 11) is 0. The normalized spacial score (nSPS) is 13.8. The van der Waals surface area contributed by atoms with Crippen LogP contribution in [0, 0.1) is 6.92 Å². The summed E-state index contributed by atoms with van der Waals surface area (Å²) in [6.45, 7) is 4.70. The van der Waals surface area contributed by atoms with Gasteiger partial charge < -0.3 is 20.4 Å². The number of benzene rings is 1. The molecule has 3 heterocycles. The van der Waals surface area contributed by atoms with Gasteiger partial charge in [-0.3, -0.25) is 0 Å². The molecule has 0 aliphatic carbocycles. The van der Waals surface area contributed by atoms with Crippen LogP contribution in [0.3, 0.4) is 0 Å². The number of anilines is 4. The topological polar surface area (TPSA) is 86.3 Å². The van der Waals surface area contributed by atoms with Crippen molar-refractivity contribution in [1.29, 1.82) is 0 Å². The van der Waals surface area contributed by atoms with Crippen molar-refractivity contribution < 1.29 is 4.79 Å². The molecule has 8 nitrogen and oxygen atoms in total. The first-order chi connectivity index (χ1) is 14.2. The van der Waals surface area contributed by atoms with Crippen LogP contribution < -0.4 is 15.5 Å². The lowest BCUT2D eigenvalue weighted by molar-refractivity contribution is 0.208. The zero-order valence-electron chi connectivity index (χ0n) is 16.2. The summed E-state index contributed by atoms with van der Waals surface area (Å²) in [4.78, 5) is 29.4. The van der Waals surface area contributed by atoms with Gasteiger partial charge in [0.25, 0.3) is 0 Å². The average molecular weight is 389 g/mol. The Morgan fingerprint density at radius 2 is 1.69 bits per heavy atom. The van der Waals surface area contributed by atoms with E-state index >= 15 is 0 Å². The molecule has 0 atom stereocenters. The van der Waals surface area contributed by atoms with Crippen molar-refractivity contribution in [3.8, 4) is 0 Å². The van der Waals surface area contributed by atoms with Gasteiger partial charge in [-0.2, -0.15) is 0 Å². The molecule has 2 aromatic heterocycles. The molecule has 4 rings (SSSR count). The van der Waals surface area contributed by atoms with E-state index in [9.17, 15) is 4.79 Å². The number of carbonyl (C=O) groups excluding carboxylic acids is 1. The lowest BCUT2D eigenvalue weighted by Crippen LogP contribution is -2.50. The molecule has 0 radical (unpaired) electrons. The monoisotopic (exact) mass is 389 g/mol. The SMILES string of the molecule is Cc1ccnc(Nc2cc(N3CCN(C(=O)Nc4ccccc4)CC3)ncn2)c1. The number of piperazine rings is 1. The summed E-state index contributed by atoms with van der Waals surface area (Å²) in [6.07, 6.45) is 3.31. The third kappa shape index (κ3) is 4.78. The maximum absolute atomic E-state index is 12.4. The number of rotatable bonds is 4. The van der Waals surface area contributed by atoms with Gasteiger partial charge in [-0.25, -0.2) is 19.7 Å². The largest absolute Gasteiger partial charge is 0.353 e. The van der Waals surface area contributed by atoms with E-state index in [-0.39, 0.29) is 6.03 Å². The molecule has 3 aromatic rings. The number of nitrogens with one attached hydrogen (secondary N) is 2. The second kappa shape index (κ2) is 8.55. The van der Waals surface area contributed by atoms with E-state index in [2.05, 4.69) is 30.5 Å². The van der Waals surface area contributed by atoms with Gasteiger partial charge in [0.2, 0.25) is 0 Å². The standard InChI is InChI=1S/C21H23N7O/c1-16-7-8-22-18(13-16)26-19-14-20(24-15-23-19)27-9-11-28(12-10-27)21(29)25-17-5-3-2-4-6-17/h2-8,13-15H,9-12H2,1H3,(H,25,29)(H,22,23,24,26). The zero-order valence-corrected chi connectivity index (χ0v) is 16.2. The van der Waals surface area contributed by atoms with E-state index < -0.39 is 0 Å². The van der Waals surface area contributed by atoms with Crippen LogP contribution in [-0.4, -0.2) is 52.1 Å². The van der Waals surface area contributed by atoms with E-state index in [1.807, 2.05) is 60.4 Å². The van der Waals surface area contributed by atoms with Crippen molar-refractivity contribution in [1.82, 2.24) is 19.9 Å². The van der Waals surface area contributed by atoms with Crippen molar-refractivity contribution >= 4 is 29.2 Å². The molecule has 148 valence electrons. The van der Waals surface area contributed by atoms with Gasteiger partial charge in [-0.05, 0) is 36.8 Å². The average Bonchev–Trinajstić information content (AvgIpc) is 2.75. The fourth-order valence-corrected chi connectivity index (χ4v) is 3.19. The molecule has 1 saturated heterocycles. The third-order valence-corrected chi connectivity index (χ3v) is 4.74. The number of carbonyl (C=O) groups is 1. The van der Waals surface area contributed by atoms with Gasteiger partial charge in [-0.1, -0.05) is 18.2 Å².